The summed E-state index contributed by atoms with van der Waals surface area (Å²) in [5.74, 6) is 0. The van der Waals surface area contributed by atoms with Crippen LogP contribution in [-0.4, -0.2) is 35.3 Å². The molecule has 0 atom stereocenters. The molecule has 2 aliphatic heterocycles. The van der Waals surface area contributed by atoms with Crippen molar-refractivity contribution in [3.63, 3.8) is 0 Å². The van der Waals surface area contributed by atoms with Crippen molar-refractivity contribution in [3.8, 4) is 0 Å². The molecule has 0 unspecified atom stereocenters. The van der Waals surface area contributed by atoms with Crippen LogP contribution in [-0.2, 0) is 4.74 Å². The van der Waals surface area contributed by atoms with Gasteiger partial charge < -0.3 is 15.4 Å². The van der Waals surface area contributed by atoms with Gasteiger partial charge in [-0.1, -0.05) is 6.08 Å². The summed E-state index contributed by atoms with van der Waals surface area (Å²) >= 11 is 3.44. The number of thiophene rings is 1. The van der Waals surface area contributed by atoms with Crippen molar-refractivity contribution in [3.05, 3.63) is 53.0 Å². The molecule has 1 spiro atoms. The zero-order chi connectivity index (χ0) is 19.3. The Labute approximate surface area is 176 Å². The van der Waals surface area contributed by atoms with E-state index in [2.05, 4.69) is 57.0 Å². The van der Waals surface area contributed by atoms with E-state index in [1.807, 2.05) is 11.7 Å². The quantitative estimate of drug-likeness (QED) is 0.478. The molecule has 1 aromatic carbocycles. The van der Waals surface area contributed by atoms with Crippen LogP contribution in [0.1, 0.15) is 17.7 Å². The second kappa shape index (κ2) is 6.88. The highest BCUT2D eigenvalue weighted by atomic mass is 32.1. The largest absolute Gasteiger partial charge is 0.381 e. The summed E-state index contributed by atoms with van der Waals surface area (Å²) in [6.07, 6.45) is 6.29. The number of thiazole rings is 1. The standard InChI is InChI=1S/C22H20N4OS2/c1-2-19-18(24-13-28-19)11-14(1)26-17-4-7-23-21-15(17)12-20(29-21)16-3-8-25-22(16)5-9-27-10-6-22/h1-4,7,11-13,25H,5-6,8-10H2,(H,23,26). The number of rotatable bonds is 3. The molecule has 7 heteroatoms. The molecule has 146 valence electrons. The second-order valence-corrected chi connectivity index (χ2v) is 9.46. The fourth-order valence-electron chi connectivity index (χ4n) is 4.41. The average Bonchev–Trinajstić information content (AvgIpc) is 3.46. The Morgan fingerprint density at radius 2 is 2.03 bits per heavy atom. The molecule has 6 rings (SSSR count). The first-order valence-electron chi connectivity index (χ1n) is 9.83. The van der Waals surface area contributed by atoms with Crippen LogP contribution in [0.25, 0.3) is 26.0 Å². The molecule has 5 nitrogen and oxygen atoms in total. The maximum atomic E-state index is 5.62. The Bertz CT molecular complexity index is 1240. The number of ether oxygens (including phenoxy) is 1. The van der Waals surface area contributed by atoms with Crippen LogP contribution in [0.2, 0.25) is 0 Å². The third-order valence-corrected chi connectivity index (χ3v) is 7.81. The minimum absolute atomic E-state index is 0.0579. The Morgan fingerprint density at radius 3 is 2.97 bits per heavy atom. The fourth-order valence-corrected chi connectivity index (χ4v) is 6.24. The van der Waals surface area contributed by atoms with Gasteiger partial charge in [-0.05, 0) is 48.7 Å². The molecule has 0 aliphatic carbocycles. The van der Waals surface area contributed by atoms with Gasteiger partial charge in [0.25, 0.3) is 0 Å². The lowest BCUT2D eigenvalue weighted by Crippen LogP contribution is -2.46. The second-order valence-electron chi connectivity index (χ2n) is 7.54. The summed E-state index contributed by atoms with van der Waals surface area (Å²) in [4.78, 5) is 11.5. The SMILES string of the molecule is C1=C(c2cc3c(Nc4ccc5scnc5c4)ccnc3s2)C2(CCOCC2)NC1. The molecule has 0 radical (unpaired) electrons. The van der Waals surface area contributed by atoms with E-state index < -0.39 is 0 Å². The minimum atomic E-state index is 0.0579. The maximum absolute atomic E-state index is 5.62. The van der Waals surface area contributed by atoms with E-state index in [1.54, 1.807) is 22.7 Å². The first-order chi connectivity index (χ1) is 14.3. The van der Waals surface area contributed by atoms with E-state index in [0.29, 0.717) is 0 Å². The monoisotopic (exact) mass is 420 g/mol. The Kier molecular flexibility index (Phi) is 4.16. The van der Waals surface area contributed by atoms with Gasteiger partial charge in [0.1, 0.15) is 4.83 Å². The van der Waals surface area contributed by atoms with Crippen LogP contribution in [0.5, 0.6) is 0 Å². The van der Waals surface area contributed by atoms with Crippen LogP contribution in [0.4, 0.5) is 11.4 Å². The van der Waals surface area contributed by atoms with Crippen molar-refractivity contribution in [1.82, 2.24) is 15.3 Å². The lowest BCUT2D eigenvalue weighted by atomic mass is 9.83. The highest BCUT2D eigenvalue weighted by Gasteiger charge is 2.39. The number of aromatic nitrogens is 2. The first-order valence-corrected chi connectivity index (χ1v) is 11.5. The summed E-state index contributed by atoms with van der Waals surface area (Å²) < 4.78 is 6.82. The highest BCUT2D eigenvalue weighted by molar-refractivity contribution is 7.19. The molecule has 2 N–H and O–H groups in total. The number of nitrogens with zero attached hydrogens (tertiary/aromatic N) is 2. The number of anilines is 2. The average molecular weight is 421 g/mol. The van der Waals surface area contributed by atoms with Crippen molar-refractivity contribution < 1.29 is 4.74 Å². The van der Waals surface area contributed by atoms with Crippen LogP contribution >= 0.6 is 22.7 Å². The lowest BCUT2D eigenvalue weighted by Gasteiger charge is -2.36. The van der Waals surface area contributed by atoms with Crippen molar-refractivity contribution in [1.29, 1.82) is 0 Å². The van der Waals surface area contributed by atoms with Gasteiger partial charge in [0, 0.05) is 47.4 Å². The zero-order valence-corrected chi connectivity index (χ0v) is 17.4. The molecule has 1 fully saturated rings. The van der Waals surface area contributed by atoms with E-state index in [-0.39, 0.29) is 5.54 Å². The van der Waals surface area contributed by atoms with Gasteiger partial charge in [-0.2, -0.15) is 0 Å². The molecule has 4 aromatic rings. The van der Waals surface area contributed by atoms with E-state index in [1.165, 1.54) is 20.5 Å². The number of hydrogen-bond donors (Lipinski definition) is 2. The molecule has 1 saturated heterocycles. The van der Waals surface area contributed by atoms with E-state index in [4.69, 9.17) is 4.74 Å². The molecule has 2 aliphatic rings. The van der Waals surface area contributed by atoms with Gasteiger partial charge in [-0.25, -0.2) is 9.97 Å². The van der Waals surface area contributed by atoms with Crippen molar-refractivity contribution in [2.45, 2.75) is 18.4 Å². The van der Waals surface area contributed by atoms with Crippen molar-refractivity contribution in [2.75, 3.05) is 25.1 Å². The smallest absolute Gasteiger partial charge is 0.125 e. The predicted octanol–water partition coefficient (Wildman–Crippen LogP) is 5.19. The van der Waals surface area contributed by atoms with Crippen LogP contribution in [0, 0.1) is 0 Å². The van der Waals surface area contributed by atoms with E-state index in [0.717, 1.165) is 54.3 Å². The topological polar surface area (TPSA) is 59.1 Å². The summed E-state index contributed by atoms with van der Waals surface area (Å²) in [7, 11) is 0. The Hall–Kier alpha value is -2.32. The van der Waals surface area contributed by atoms with Gasteiger partial charge >= 0.3 is 0 Å². The predicted molar refractivity (Wildman–Crippen MR) is 121 cm³/mol. The molecular formula is C22H20N4OS2. The minimum Gasteiger partial charge on any atom is -0.381 e. The molecule has 0 bridgehead atoms. The Morgan fingerprint density at radius 1 is 1.10 bits per heavy atom. The number of benzene rings is 1. The van der Waals surface area contributed by atoms with E-state index in [9.17, 15) is 0 Å². The van der Waals surface area contributed by atoms with E-state index >= 15 is 0 Å². The molecule has 3 aromatic heterocycles. The van der Waals surface area contributed by atoms with Crippen LogP contribution in [0.3, 0.4) is 0 Å². The summed E-state index contributed by atoms with van der Waals surface area (Å²) in [5.41, 5.74) is 6.52. The third kappa shape index (κ3) is 2.97. The van der Waals surface area contributed by atoms with Crippen molar-refractivity contribution in [2.24, 2.45) is 0 Å². The van der Waals surface area contributed by atoms with Crippen LogP contribution < -0.4 is 10.6 Å². The fraction of sp³-hybridized carbons (Fsp3) is 0.273. The van der Waals surface area contributed by atoms with Crippen LogP contribution in [0.15, 0.2) is 48.1 Å². The van der Waals surface area contributed by atoms with Gasteiger partial charge in [0.2, 0.25) is 0 Å². The summed E-state index contributed by atoms with van der Waals surface area (Å²) in [6.45, 7) is 2.56. The van der Waals surface area contributed by atoms with Gasteiger partial charge in [-0.3, -0.25) is 0 Å². The van der Waals surface area contributed by atoms with Gasteiger partial charge in [-0.15, -0.1) is 22.7 Å². The zero-order valence-electron chi connectivity index (χ0n) is 15.8. The highest BCUT2D eigenvalue weighted by Crippen LogP contribution is 2.43. The lowest BCUT2D eigenvalue weighted by molar-refractivity contribution is 0.0622. The normalized spacial score (nSPS) is 18.6. The molecular weight excluding hydrogens is 400 g/mol. The van der Waals surface area contributed by atoms with Gasteiger partial charge in [0.05, 0.1) is 21.4 Å². The first kappa shape index (κ1) is 17.5. The van der Waals surface area contributed by atoms with Crippen molar-refractivity contribution >= 4 is 60.1 Å². The maximum Gasteiger partial charge on any atom is 0.125 e. The summed E-state index contributed by atoms with van der Waals surface area (Å²) in [5, 5.41) is 8.47. The molecule has 5 heterocycles. The number of hydrogen-bond acceptors (Lipinski definition) is 7. The number of fused-ring (bicyclic) bond motifs is 2. The number of nitrogens with one attached hydrogen (secondary N) is 2. The summed E-state index contributed by atoms with van der Waals surface area (Å²) in [6, 6.07) is 10.7. The molecule has 0 saturated carbocycles. The number of pyridine rings is 1. The molecule has 29 heavy (non-hydrogen) atoms. The van der Waals surface area contributed by atoms with Gasteiger partial charge in [0.15, 0.2) is 0 Å². The third-order valence-electron chi connectivity index (χ3n) is 5.92. The Balaban J connectivity index is 1.38. The molecule has 0 amide bonds.